The quantitative estimate of drug-likeness (QED) is 0.438. The van der Waals surface area contributed by atoms with Gasteiger partial charge in [-0.05, 0) is 25.0 Å². The Morgan fingerprint density at radius 2 is 2.18 bits per heavy atom. The van der Waals surface area contributed by atoms with E-state index >= 15 is 0 Å². The molecule has 0 radical (unpaired) electrons. The molecule has 0 amide bonds. The monoisotopic (exact) mass is 418 g/mol. The standard InChI is InChI=1S/C16H26N4O.HI/c1-4-10-18-16(17-2)19-13-9-11-20(12-13)14-7-5-6-8-15(14)21-3;/h5-8,13H,4,9-12H2,1-3H3,(H2,17,18,19);1H. The summed E-state index contributed by atoms with van der Waals surface area (Å²) in [6.45, 7) is 5.10. The third kappa shape index (κ3) is 4.93. The molecule has 22 heavy (non-hydrogen) atoms. The fourth-order valence-electron chi connectivity index (χ4n) is 2.62. The van der Waals surface area contributed by atoms with Crippen LogP contribution in [0.1, 0.15) is 19.8 Å². The zero-order valence-electron chi connectivity index (χ0n) is 13.6. The fourth-order valence-corrected chi connectivity index (χ4v) is 2.62. The van der Waals surface area contributed by atoms with Crippen molar-refractivity contribution in [3.8, 4) is 5.75 Å². The molecule has 1 saturated heterocycles. The van der Waals surface area contributed by atoms with Crippen molar-refractivity contribution in [2.24, 2.45) is 4.99 Å². The molecule has 0 saturated carbocycles. The number of hydrogen-bond donors (Lipinski definition) is 2. The number of methoxy groups -OCH3 is 1. The summed E-state index contributed by atoms with van der Waals surface area (Å²) in [5.41, 5.74) is 1.17. The number of ether oxygens (including phenoxy) is 1. The summed E-state index contributed by atoms with van der Waals surface area (Å²) in [7, 11) is 3.54. The van der Waals surface area contributed by atoms with Gasteiger partial charge in [-0.3, -0.25) is 4.99 Å². The van der Waals surface area contributed by atoms with E-state index in [-0.39, 0.29) is 24.0 Å². The number of benzene rings is 1. The zero-order valence-corrected chi connectivity index (χ0v) is 16.0. The smallest absolute Gasteiger partial charge is 0.191 e. The van der Waals surface area contributed by atoms with Crippen molar-refractivity contribution in [2.45, 2.75) is 25.8 Å². The lowest BCUT2D eigenvalue weighted by Gasteiger charge is -2.22. The third-order valence-electron chi connectivity index (χ3n) is 3.72. The van der Waals surface area contributed by atoms with E-state index < -0.39 is 0 Å². The molecule has 1 aromatic carbocycles. The predicted molar refractivity (Wildman–Crippen MR) is 104 cm³/mol. The second-order valence-electron chi connectivity index (χ2n) is 5.25. The van der Waals surface area contributed by atoms with Crippen molar-refractivity contribution >= 4 is 35.6 Å². The molecule has 1 aliphatic rings. The maximum Gasteiger partial charge on any atom is 0.191 e. The Labute approximate surface area is 150 Å². The minimum Gasteiger partial charge on any atom is -0.495 e. The topological polar surface area (TPSA) is 48.9 Å². The van der Waals surface area contributed by atoms with Gasteiger partial charge >= 0.3 is 0 Å². The van der Waals surface area contributed by atoms with Crippen LogP contribution in [0.3, 0.4) is 0 Å². The molecule has 1 heterocycles. The van der Waals surface area contributed by atoms with E-state index in [9.17, 15) is 0 Å². The predicted octanol–water partition coefficient (Wildman–Crippen LogP) is 2.47. The van der Waals surface area contributed by atoms with E-state index in [4.69, 9.17) is 4.74 Å². The molecule has 2 rings (SSSR count). The molecule has 0 aromatic heterocycles. The van der Waals surface area contributed by atoms with Crippen molar-refractivity contribution < 1.29 is 4.74 Å². The lowest BCUT2D eigenvalue weighted by molar-refractivity contribution is 0.415. The summed E-state index contributed by atoms with van der Waals surface area (Å²) in [6, 6.07) is 8.60. The Kier molecular flexibility index (Phi) is 8.37. The van der Waals surface area contributed by atoms with Gasteiger partial charge in [-0.25, -0.2) is 0 Å². The summed E-state index contributed by atoms with van der Waals surface area (Å²) in [6.07, 6.45) is 2.20. The maximum absolute atomic E-state index is 5.45. The average molecular weight is 418 g/mol. The first-order chi connectivity index (χ1) is 10.3. The van der Waals surface area contributed by atoms with Gasteiger partial charge in [-0.2, -0.15) is 0 Å². The van der Waals surface area contributed by atoms with Crippen LogP contribution in [0.15, 0.2) is 29.3 Å². The Morgan fingerprint density at radius 1 is 1.41 bits per heavy atom. The van der Waals surface area contributed by atoms with Gasteiger partial charge in [0, 0.05) is 32.7 Å². The van der Waals surface area contributed by atoms with Crippen LogP contribution in [0.25, 0.3) is 0 Å². The van der Waals surface area contributed by atoms with Gasteiger partial charge in [-0.1, -0.05) is 19.1 Å². The summed E-state index contributed by atoms with van der Waals surface area (Å²) < 4.78 is 5.45. The van der Waals surface area contributed by atoms with Gasteiger partial charge in [0.05, 0.1) is 12.8 Å². The molecular formula is C16H27IN4O. The highest BCUT2D eigenvalue weighted by molar-refractivity contribution is 14.0. The van der Waals surface area contributed by atoms with Crippen molar-refractivity contribution in [2.75, 3.05) is 38.7 Å². The Bertz CT molecular complexity index is 481. The van der Waals surface area contributed by atoms with Crippen LogP contribution in [-0.2, 0) is 0 Å². The van der Waals surface area contributed by atoms with E-state index in [0.717, 1.165) is 44.2 Å². The van der Waals surface area contributed by atoms with Crippen LogP contribution in [0, 0.1) is 0 Å². The molecule has 0 bridgehead atoms. The van der Waals surface area contributed by atoms with Crippen LogP contribution in [-0.4, -0.2) is 45.8 Å². The van der Waals surface area contributed by atoms with Gasteiger partial charge in [0.15, 0.2) is 5.96 Å². The number of nitrogens with one attached hydrogen (secondary N) is 2. The first-order valence-corrected chi connectivity index (χ1v) is 7.63. The Morgan fingerprint density at radius 3 is 2.86 bits per heavy atom. The molecule has 1 atom stereocenters. The summed E-state index contributed by atoms with van der Waals surface area (Å²) >= 11 is 0. The SMILES string of the molecule is CCCNC(=NC)NC1CCN(c2ccccc2OC)C1.I. The number of hydrogen-bond acceptors (Lipinski definition) is 3. The van der Waals surface area contributed by atoms with Gasteiger partial charge in [0.1, 0.15) is 5.75 Å². The van der Waals surface area contributed by atoms with Crippen LogP contribution < -0.4 is 20.3 Å². The van der Waals surface area contributed by atoms with Crippen molar-refractivity contribution in [3.05, 3.63) is 24.3 Å². The van der Waals surface area contributed by atoms with Crippen molar-refractivity contribution in [1.82, 2.24) is 10.6 Å². The van der Waals surface area contributed by atoms with Gasteiger partial charge in [-0.15, -0.1) is 24.0 Å². The zero-order chi connectivity index (χ0) is 15.1. The lowest BCUT2D eigenvalue weighted by atomic mass is 10.2. The number of nitrogens with zero attached hydrogens (tertiary/aromatic N) is 2. The van der Waals surface area contributed by atoms with Gasteiger partial charge < -0.3 is 20.3 Å². The summed E-state index contributed by atoms with van der Waals surface area (Å²) in [5, 5.41) is 6.81. The largest absolute Gasteiger partial charge is 0.495 e. The maximum atomic E-state index is 5.45. The average Bonchev–Trinajstić information content (AvgIpc) is 2.99. The first kappa shape index (κ1) is 18.9. The molecular weight excluding hydrogens is 391 g/mol. The number of aliphatic imine (C=N–C) groups is 1. The van der Waals surface area contributed by atoms with Crippen LogP contribution in [0.2, 0.25) is 0 Å². The van der Waals surface area contributed by atoms with E-state index in [1.807, 2.05) is 19.2 Å². The number of halogens is 1. The molecule has 124 valence electrons. The van der Waals surface area contributed by atoms with Crippen LogP contribution in [0.4, 0.5) is 5.69 Å². The lowest BCUT2D eigenvalue weighted by Crippen LogP contribution is -2.44. The molecule has 1 aromatic rings. The molecule has 0 aliphatic carbocycles. The Balaban J connectivity index is 0.00000242. The van der Waals surface area contributed by atoms with E-state index in [0.29, 0.717) is 6.04 Å². The number of para-hydroxylation sites is 2. The molecule has 2 N–H and O–H groups in total. The molecule has 0 spiro atoms. The molecule has 5 nitrogen and oxygen atoms in total. The second kappa shape index (κ2) is 9.76. The van der Waals surface area contributed by atoms with Crippen molar-refractivity contribution in [3.63, 3.8) is 0 Å². The second-order valence-corrected chi connectivity index (χ2v) is 5.25. The highest BCUT2D eigenvalue weighted by Gasteiger charge is 2.25. The van der Waals surface area contributed by atoms with E-state index in [1.54, 1.807) is 7.11 Å². The molecule has 6 heteroatoms. The van der Waals surface area contributed by atoms with Crippen LogP contribution in [0.5, 0.6) is 5.75 Å². The fraction of sp³-hybridized carbons (Fsp3) is 0.562. The Hall–Kier alpha value is -1.18. The summed E-state index contributed by atoms with van der Waals surface area (Å²) in [5.74, 6) is 1.83. The number of rotatable bonds is 5. The number of guanidine groups is 1. The summed E-state index contributed by atoms with van der Waals surface area (Å²) in [4.78, 5) is 6.64. The van der Waals surface area contributed by atoms with Crippen LogP contribution >= 0.6 is 24.0 Å². The van der Waals surface area contributed by atoms with E-state index in [2.05, 4.69) is 39.6 Å². The number of anilines is 1. The highest BCUT2D eigenvalue weighted by Crippen LogP contribution is 2.30. The minimum atomic E-state index is 0. The minimum absolute atomic E-state index is 0. The van der Waals surface area contributed by atoms with Gasteiger partial charge in [0.25, 0.3) is 0 Å². The van der Waals surface area contributed by atoms with E-state index in [1.165, 1.54) is 5.69 Å². The molecule has 1 unspecified atom stereocenters. The van der Waals surface area contributed by atoms with Gasteiger partial charge in [0.2, 0.25) is 0 Å². The first-order valence-electron chi connectivity index (χ1n) is 7.63. The van der Waals surface area contributed by atoms with Crippen molar-refractivity contribution in [1.29, 1.82) is 0 Å². The highest BCUT2D eigenvalue weighted by atomic mass is 127. The molecule has 1 fully saturated rings. The normalized spacial score (nSPS) is 17.9. The third-order valence-corrected chi connectivity index (χ3v) is 3.72. The molecule has 1 aliphatic heterocycles.